The second-order valence-electron chi connectivity index (χ2n) is 7.77. The Kier molecular flexibility index (Phi) is 6.16. The summed E-state index contributed by atoms with van der Waals surface area (Å²) in [7, 11) is 1.55. The smallest absolute Gasteiger partial charge is 0.249 e. The van der Waals surface area contributed by atoms with Crippen LogP contribution in [-0.2, 0) is 11.2 Å². The number of likely N-dealkylation sites (tertiary alicyclic amines) is 1. The largest absolute Gasteiger partial charge is 0.495 e. The number of hydrogen-bond donors (Lipinski definition) is 0. The molecule has 0 unspecified atom stereocenters. The summed E-state index contributed by atoms with van der Waals surface area (Å²) in [6.45, 7) is 3.26. The van der Waals surface area contributed by atoms with Crippen molar-refractivity contribution in [2.45, 2.75) is 26.2 Å². The molecule has 1 saturated heterocycles. The van der Waals surface area contributed by atoms with Gasteiger partial charge in [0.05, 0.1) is 24.8 Å². The number of hydrogen-bond acceptors (Lipinski definition) is 3. The predicted octanol–water partition coefficient (Wildman–Crippen LogP) is 4.58. The Morgan fingerprint density at radius 1 is 1.23 bits per heavy atom. The maximum absolute atomic E-state index is 14.9. The lowest BCUT2D eigenvalue weighted by Gasteiger charge is -2.28. The van der Waals surface area contributed by atoms with Crippen LogP contribution in [-0.4, -0.2) is 40.6 Å². The van der Waals surface area contributed by atoms with Crippen molar-refractivity contribution in [3.05, 3.63) is 83.2 Å². The van der Waals surface area contributed by atoms with Gasteiger partial charge in [0.2, 0.25) is 5.91 Å². The fourth-order valence-corrected chi connectivity index (χ4v) is 3.90. The molecule has 6 heteroatoms. The molecule has 31 heavy (non-hydrogen) atoms. The molecule has 0 bridgehead atoms. The van der Waals surface area contributed by atoms with Gasteiger partial charge in [-0.1, -0.05) is 30.3 Å². The van der Waals surface area contributed by atoms with Crippen LogP contribution < -0.4 is 4.74 Å². The normalized spacial score (nSPS) is 15.5. The summed E-state index contributed by atoms with van der Waals surface area (Å²) >= 11 is 0. The number of carbonyl (C=O) groups is 1. The maximum Gasteiger partial charge on any atom is 0.249 e. The van der Waals surface area contributed by atoms with Crippen molar-refractivity contribution in [1.82, 2.24) is 14.5 Å². The average molecular weight is 420 g/mol. The summed E-state index contributed by atoms with van der Waals surface area (Å²) in [5.74, 6) is 0.105. The van der Waals surface area contributed by atoms with Crippen LogP contribution in [0.3, 0.4) is 0 Å². The second kappa shape index (κ2) is 9.16. The molecule has 0 aliphatic carbocycles. The van der Waals surface area contributed by atoms with Gasteiger partial charge in [0.15, 0.2) is 0 Å². The van der Waals surface area contributed by atoms with Crippen LogP contribution in [0.2, 0.25) is 0 Å². The minimum absolute atomic E-state index is 0.0186. The van der Waals surface area contributed by atoms with E-state index in [1.807, 2.05) is 36.2 Å². The van der Waals surface area contributed by atoms with Crippen molar-refractivity contribution < 1.29 is 13.9 Å². The Morgan fingerprint density at radius 2 is 2.03 bits per heavy atom. The number of piperidine rings is 1. The molecule has 0 saturated carbocycles. The Bertz CT molecular complexity index is 1110. The number of ether oxygens (including phenoxy) is 1. The van der Waals surface area contributed by atoms with Crippen LogP contribution in [0.1, 0.15) is 29.7 Å². The standard InChI is InChI=1S/C25H26FN3O2/c1-18-16-29(17-27-18)23-15-22(26)21(14-24(23)31-2)13-20-9-6-11-28(25(20)30)12-10-19-7-4-3-5-8-19/h3-5,7-8,13-17H,6,9-12H2,1-2H3. The van der Waals surface area contributed by atoms with Crippen LogP contribution in [0.4, 0.5) is 4.39 Å². The number of nitrogens with zero attached hydrogens (tertiary/aromatic N) is 3. The SMILES string of the molecule is COc1cc(C=C2CCCN(CCc3ccccc3)C2=O)c(F)cc1-n1cnc(C)c1. The zero-order chi connectivity index (χ0) is 21.8. The van der Waals surface area contributed by atoms with Gasteiger partial charge in [0.25, 0.3) is 0 Å². The predicted molar refractivity (Wildman–Crippen MR) is 119 cm³/mol. The van der Waals surface area contributed by atoms with Gasteiger partial charge in [-0.05, 0) is 43.9 Å². The van der Waals surface area contributed by atoms with E-state index in [1.165, 1.54) is 11.6 Å². The Morgan fingerprint density at radius 3 is 2.74 bits per heavy atom. The summed E-state index contributed by atoms with van der Waals surface area (Å²) in [5, 5.41) is 0. The van der Waals surface area contributed by atoms with E-state index in [9.17, 15) is 9.18 Å². The van der Waals surface area contributed by atoms with E-state index in [0.717, 1.165) is 25.1 Å². The topological polar surface area (TPSA) is 47.4 Å². The van der Waals surface area contributed by atoms with Crippen LogP contribution >= 0.6 is 0 Å². The lowest BCUT2D eigenvalue weighted by Crippen LogP contribution is -2.38. The lowest BCUT2D eigenvalue weighted by atomic mass is 9.99. The van der Waals surface area contributed by atoms with Gasteiger partial charge in [-0.2, -0.15) is 0 Å². The molecule has 160 valence electrons. The van der Waals surface area contributed by atoms with E-state index < -0.39 is 5.82 Å². The number of carbonyl (C=O) groups excluding carboxylic acids is 1. The Hall–Kier alpha value is -3.41. The van der Waals surface area contributed by atoms with E-state index in [0.29, 0.717) is 35.5 Å². The Labute approximate surface area is 181 Å². The minimum Gasteiger partial charge on any atom is -0.495 e. The van der Waals surface area contributed by atoms with Crippen LogP contribution in [0.5, 0.6) is 5.75 Å². The third kappa shape index (κ3) is 4.68. The number of imidazole rings is 1. The van der Waals surface area contributed by atoms with Crippen LogP contribution in [0.15, 0.2) is 60.6 Å². The highest BCUT2D eigenvalue weighted by Crippen LogP contribution is 2.29. The highest BCUT2D eigenvalue weighted by molar-refractivity contribution is 5.98. The zero-order valence-electron chi connectivity index (χ0n) is 17.8. The molecular formula is C25H26FN3O2. The number of rotatable bonds is 6. The molecule has 5 nitrogen and oxygen atoms in total. The number of benzene rings is 2. The molecule has 2 aromatic carbocycles. The van der Waals surface area contributed by atoms with Crippen molar-refractivity contribution in [1.29, 1.82) is 0 Å². The van der Waals surface area contributed by atoms with Gasteiger partial charge in [-0.3, -0.25) is 4.79 Å². The van der Waals surface area contributed by atoms with Gasteiger partial charge in [-0.25, -0.2) is 9.37 Å². The van der Waals surface area contributed by atoms with Gasteiger partial charge in [0, 0.05) is 36.5 Å². The summed E-state index contributed by atoms with van der Waals surface area (Å²) in [6, 6.07) is 13.2. The van der Waals surface area contributed by atoms with E-state index in [1.54, 1.807) is 30.1 Å². The summed E-state index contributed by atoms with van der Waals surface area (Å²) in [4.78, 5) is 19.1. The van der Waals surface area contributed by atoms with Crippen molar-refractivity contribution in [2.75, 3.05) is 20.2 Å². The summed E-state index contributed by atoms with van der Waals surface area (Å²) in [5.41, 5.74) is 3.59. The molecular weight excluding hydrogens is 393 g/mol. The first-order valence-electron chi connectivity index (χ1n) is 10.5. The molecule has 1 fully saturated rings. The van der Waals surface area contributed by atoms with Gasteiger partial charge in [0.1, 0.15) is 11.6 Å². The fraction of sp³-hybridized carbons (Fsp3) is 0.280. The first-order valence-corrected chi connectivity index (χ1v) is 10.5. The molecule has 2 heterocycles. The zero-order valence-corrected chi connectivity index (χ0v) is 17.8. The number of aromatic nitrogens is 2. The third-order valence-corrected chi connectivity index (χ3v) is 5.57. The van der Waals surface area contributed by atoms with E-state index in [2.05, 4.69) is 17.1 Å². The summed E-state index contributed by atoms with van der Waals surface area (Å²) in [6.07, 6.45) is 7.42. The molecule has 1 aromatic heterocycles. The van der Waals surface area contributed by atoms with Crippen molar-refractivity contribution >= 4 is 12.0 Å². The first-order chi connectivity index (χ1) is 15.0. The highest BCUT2D eigenvalue weighted by Gasteiger charge is 2.23. The number of halogens is 1. The molecule has 0 atom stereocenters. The molecule has 4 rings (SSSR count). The summed E-state index contributed by atoms with van der Waals surface area (Å²) < 4.78 is 22.2. The molecule has 1 amide bonds. The van der Waals surface area contributed by atoms with E-state index >= 15 is 0 Å². The average Bonchev–Trinajstić information content (AvgIpc) is 3.22. The highest BCUT2D eigenvalue weighted by atomic mass is 19.1. The van der Waals surface area contributed by atoms with Crippen molar-refractivity contribution in [3.8, 4) is 11.4 Å². The molecule has 1 aliphatic heterocycles. The number of amides is 1. The maximum atomic E-state index is 14.9. The molecule has 0 N–H and O–H groups in total. The van der Waals surface area contributed by atoms with Gasteiger partial charge >= 0.3 is 0 Å². The van der Waals surface area contributed by atoms with Gasteiger partial charge in [-0.15, -0.1) is 0 Å². The number of methoxy groups -OCH3 is 1. The number of aryl methyl sites for hydroxylation is 1. The molecule has 1 aliphatic rings. The third-order valence-electron chi connectivity index (χ3n) is 5.57. The Balaban J connectivity index is 1.56. The van der Waals surface area contributed by atoms with E-state index in [-0.39, 0.29) is 5.91 Å². The molecule has 0 spiro atoms. The van der Waals surface area contributed by atoms with Crippen molar-refractivity contribution in [2.24, 2.45) is 0 Å². The molecule has 0 radical (unpaired) electrons. The quantitative estimate of drug-likeness (QED) is 0.550. The molecule has 3 aromatic rings. The minimum atomic E-state index is -0.399. The van der Waals surface area contributed by atoms with Crippen LogP contribution in [0.25, 0.3) is 11.8 Å². The van der Waals surface area contributed by atoms with Crippen LogP contribution in [0, 0.1) is 12.7 Å². The van der Waals surface area contributed by atoms with E-state index in [4.69, 9.17) is 4.74 Å². The monoisotopic (exact) mass is 419 g/mol. The van der Waals surface area contributed by atoms with Crippen molar-refractivity contribution in [3.63, 3.8) is 0 Å². The fourth-order valence-electron chi connectivity index (χ4n) is 3.90. The first kappa shape index (κ1) is 20.8. The lowest BCUT2D eigenvalue weighted by molar-refractivity contribution is -0.128. The second-order valence-corrected chi connectivity index (χ2v) is 7.77. The van der Waals surface area contributed by atoms with Gasteiger partial charge < -0.3 is 14.2 Å².